The van der Waals surface area contributed by atoms with Crippen LogP contribution in [0.25, 0.3) is 0 Å². The summed E-state index contributed by atoms with van der Waals surface area (Å²) in [7, 11) is 1.75. The third-order valence-electron chi connectivity index (χ3n) is 3.92. The zero-order chi connectivity index (χ0) is 14.9. The van der Waals surface area contributed by atoms with Crippen LogP contribution in [0.15, 0.2) is 24.5 Å². The number of piperidine rings is 1. The van der Waals surface area contributed by atoms with E-state index in [1.165, 1.54) is 6.42 Å². The van der Waals surface area contributed by atoms with Gasteiger partial charge in [0.25, 0.3) is 5.91 Å². The Morgan fingerprint density at radius 3 is 2.90 bits per heavy atom. The summed E-state index contributed by atoms with van der Waals surface area (Å²) in [5.41, 5.74) is 0.638. The Labute approximate surface area is 126 Å². The molecule has 0 aromatic carbocycles. The third-order valence-corrected chi connectivity index (χ3v) is 3.92. The first-order valence-corrected chi connectivity index (χ1v) is 7.72. The van der Waals surface area contributed by atoms with E-state index in [0.29, 0.717) is 5.56 Å². The van der Waals surface area contributed by atoms with Gasteiger partial charge in [0.1, 0.15) is 0 Å². The van der Waals surface area contributed by atoms with E-state index in [2.05, 4.69) is 15.2 Å². The van der Waals surface area contributed by atoms with Crippen molar-refractivity contribution in [3.05, 3.63) is 30.1 Å². The lowest BCUT2D eigenvalue weighted by Crippen LogP contribution is -2.44. The van der Waals surface area contributed by atoms with Crippen molar-refractivity contribution in [2.24, 2.45) is 0 Å². The van der Waals surface area contributed by atoms with E-state index in [1.807, 2.05) is 0 Å². The Balaban J connectivity index is 1.66. The van der Waals surface area contributed by atoms with Gasteiger partial charge in [0, 0.05) is 45.2 Å². The predicted molar refractivity (Wildman–Crippen MR) is 82.3 cm³/mol. The summed E-state index contributed by atoms with van der Waals surface area (Å²) in [6.07, 6.45) is 7.64. The molecule has 5 nitrogen and oxygen atoms in total. The van der Waals surface area contributed by atoms with Crippen molar-refractivity contribution < 1.29 is 9.53 Å². The molecular weight excluding hydrogens is 266 g/mol. The molecule has 0 atom stereocenters. The molecule has 0 radical (unpaired) electrons. The van der Waals surface area contributed by atoms with E-state index in [-0.39, 0.29) is 11.9 Å². The van der Waals surface area contributed by atoms with E-state index < -0.39 is 0 Å². The fourth-order valence-electron chi connectivity index (χ4n) is 2.65. The van der Waals surface area contributed by atoms with Crippen LogP contribution >= 0.6 is 0 Å². The molecule has 0 unspecified atom stereocenters. The van der Waals surface area contributed by atoms with Gasteiger partial charge in [-0.05, 0) is 44.4 Å². The maximum absolute atomic E-state index is 12.1. The Kier molecular flexibility index (Phi) is 6.63. The molecule has 5 heteroatoms. The summed E-state index contributed by atoms with van der Waals surface area (Å²) < 4.78 is 5.06. The molecule has 0 aliphatic carbocycles. The smallest absolute Gasteiger partial charge is 0.253 e. The van der Waals surface area contributed by atoms with E-state index >= 15 is 0 Å². The van der Waals surface area contributed by atoms with Gasteiger partial charge in [0.2, 0.25) is 0 Å². The fourth-order valence-corrected chi connectivity index (χ4v) is 2.65. The van der Waals surface area contributed by atoms with Gasteiger partial charge in [-0.1, -0.05) is 0 Å². The molecule has 2 heterocycles. The standard InChI is InChI=1S/C16H25N3O2/c1-21-12-3-2-9-19-10-6-15(7-11-19)18-16(20)14-5-4-8-17-13-14/h4-5,8,13,15H,2-3,6-7,9-12H2,1H3,(H,18,20). The van der Waals surface area contributed by atoms with Crippen molar-refractivity contribution in [1.29, 1.82) is 0 Å². The highest BCUT2D eigenvalue weighted by atomic mass is 16.5. The normalized spacial score (nSPS) is 16.8. The Morgan fingerprint density at radius 2 is 2.24 bits per heavy atom. The topological polar surface area (TPSA) is 54.5 Å². The highest BCUT2D eigenvalue weighted by molar-refractivity contribution is 5.93. The van der Waals surface area contributed by atoms with Crippen LogP contribution in [-0.4, -0.2) is 55.2 Å². The summed E-state index contributed by atoms with van der Waals surface area (Å²) in [6.45, 7) is 4.10. The number of unbranched alkanes of at least 4 members (excludes halogenated alkanes) is 1. The molecule has 116 valence electrons. The molecule has 0 bridgehead atoms. The van der Waals surface area contributed by atoms with Crippen LogP contribution in [0.3, 0.4) is 0 Å². The average molecular weight is 291 g/mol. The molecule has 21 heavy (non-hydrogen) atoms. The number of carbonyl (C=O) groups excluding carboxylic acids is 1. The monoisotopic (exact) mass is 291 g/mol. The minimum atomic E-state index is -0.0124. The fraction of sp³-hybridized carbons (Fsp3) is 0.625. The first-order chi connectivity index (χ1) is 10.3. The molecule has 2 rings (SSSR count). The van der Waals surface area contributed by atoms with Gasteiger partial charge in [-0.2, -0.15) is 0 Å². The van der Waals surface area contributed by atoms with Crippen molar-refractivity contribution in [3.63, 3.8) is 0 Å². The van der Waals surface area contributed by atoms with Crippen molar-refractivity contribution in [2.75, 3.05) is 33.4 Å². The maximum Gasteiger partial charge on any atom is 0.253 e. The molecule has 1 saturated heterocycles. The van der Waals surface area contributed by atoms with Gasteiger partial charge in [-0.3, -0.25) is 9.78 Å². The van der Waals surface area contributed by atoms with Crippen LogP contribution in [0.2, 0.25) is 0 Å². The predicted octanol–water partition coefficient (Wildman–Crippen LogP) is 1.70. The quantitative estimate of drug-likeness (QED) is 0.777. The molecule has 1 aromatic rings. The zero-order valence-corrected chi connectivity index (χ0v) is 12.8. The van der Waals surface area contributed by atoms with Gasteiger partial charge in [0.05, 0.1) is 5.56 Å². The number of rotatable bonds is 7. The molecule has 1 fully saturated rings. The number of hydrogen-bond acceptors (Lipinski definition) is 4. The van der Waals surface area contributed by atoms with Crippen molar-refractivity contribution in [2.45, 2.75) is 31.7 Å². The van der Waals surface area contributed by atoms with Crippen LogP contribution in [0.1, 0.15) is 36.0 Å². The second kappa shape index (κ2) is 8.74. The van der Waals surface area contributed by atoms with Crippen LogP contribution < -0.4 is 5.32 Å². The van der Waals surface area contributed by atoms with Gasteiger partial charge in [-0.25, -0.2) is 0 Å². The minimum Gasteiger partial charge on any atom is -0.385 e. The molecule has 1 N–H and O–H groups in total. The van der Waals surface area contributed by atoms with E-state index in [9.17, 15) is 4.79 Å². The minimum absolute atomic E-state index is 0.0124. The molecule has 1 aliphatic rings. The number of pyridine rings is 1. The van der Waals surface area contributed by atoms with Gasteiger partial charge >= 0.3 is 0 Å². The number of amides is 1. The number of ether oxygens (including phenoxy) is 1. The third kappa shape index (κ3) is 5.44. The van der Waals surface area contributed by atoms with Crippen LogP contribution in [-0.2, 0) is 4.74 Å². The number of nitrogens with one attached hydrogen (secondary N) is 1. The summed E-state index contributed by atoms with van der Waals surface area (Å²) in [6, 6.07) is 3.87. The molecule has 0 spiro atoms. The highest BCUT2D eigenvalue weighted by Gasteiger charge is 2.20. The first kappa shape index (κ1) is 15.9. The number of likely N-dealkylation sites (tertiary alicyclic amines) is 1. The van der Waals surface area contributed by atoms with Crippen molar-refractivity contribution >= 4 is 5.91 Å². The van der Waals surface area contributed by atoms with E-state index in [0.717, 1.165) is 45.5 Å². The summed E-state index contributed by atoms with van der Waals surface area (Å²) >= 11 is 0. The van der Waals surface area contributed by atoms with Gasteiger partial charge in [0.15, 0.2) is 0 Å². The second-order valence-electron chi connectivity index (χ2n) is 5.53. The number of methoxy groups -OCH3 is 1. The van der Waals surface area contributed by atoms with Gasteiger partial charge < -0.3 is 15.0 Å². The second-order valence-corrected chi connectivity index (χ2v) is 5.53. The van der Waals surface area contributed by atoms with Gasteiger partial charge in [-0.15, -0.1) is 0 Å². The van der Waals surface area contributed by atoms with Crippen LogP contribution in [0.4, 0.5) is 0 Å². The largest absolute Gasteiger partial charge is 0.385 e. The zero-order valence-electron chi connectivity index (χ0n) is 12.8. The molecule has 0 saturated carbocycles. The number of nitrogens with zero attached hydrogens (tertiary/aromatic N) is 2. The number of aromatic nitrogens is 1. The average Bonchev–Trinajstić information content (AvgIpc) is 2.54. The van der Waals surface area contributed by atoms with Crippen molar-refractivity contribution in [3.8, 4) is 0 Å². The Bertz CT molecular complexity index is 417. The summed E-state index contributed by atoms with van der Waals surface area (Å²) in [5, 5.41) is 3.11. The molecule has 1 aromatic heterocycles. The van der Waals surface area contributed by atoms with E-state index in [4.69, 9.17) is 4.74 Å². The van der Waals surface area contributed by atoms with Crippen LogP contribution in [0.5, 0.6) is 0 Å². The van der Waals surface area contributed by atoms with Crippen molar-refractivity contribution in [1.82, 2.24) is 15.2 Å². The highest BCUT2D eigenvalue weighted by Crippen LogP contribution is 2.12. The Hall–Kier alpha value is -1.46. The maximum atomic E-state index is 12.1. The first-order valence-electron chi connectivity index (χ1n) is 7.72. The molecule has 1 aliphatic heterocycles. The molecular formula is C16H25N3O2. The lowest BCUT2D eigenvalue weighted by molar-refractivity contribution is 0.0909. The Morgan fingerprint density at radius 1 is 1.43 bits per heavy atom. The summed E-state index contributed by atoms with van der Waals surface area (Å²) in [4.78, 5) is 18.5. The SMILES string of the molecule is COCCCCN1CCC(NC(=O)c2cccnc2)CC1. The van der Waals surface area contributed by atoms with E-state index in [1.54, 1.807) is 31.6 Å². The summed E-state index contributed by atoms with van der Waals surface area (Å²) in [5.74, 6) is -0.0124. The van der Waals surface area contributed by atoms with Crippen LogP contribution in [0, 0.1) is 0 Å². The molecule has 1 amide bonds. The lowest BCUT2D eigenvalue weighted by atomic mass is 10.0. The number of carbonyl (C=O) groups is 1. The number of hydrogen-bond donors (Lipinski definition) is 1. The lowest BCUT2D eigenvalue weighted by Gasteiger charge is -2.32.